The van der Waals surface area contributed by atoms with Crippen molar-refractivity contribution in [3.05, 3.63) is 29.3 Å². The molecule has 0 unspecified atom stereocenters. The molecule has 0 radical (unpaired) electrons. The number of nitrogens with zero attached hydrogens (tertiary/aromatic N) is 1. The van der Waals surface area contributed by atoms with Crippen LogP contribution in [0, 0.1) is 17.6 Å². The van der Waals surface area contributed by atoms with Gasteiger partial charge in [-0.15, -0.1) is 0 Å². The van der Waals surface area contributed by atoms with E-state index in [0.29, 0.717) is 12.5 Å². The fourth-order valence-corrected chi connectivity index (χ4v) is 2.03. The molecule has 1 heterocycles. The Bertz CT molecular complexity index is 538. The summed E-state index contributed by atoms with van der Waals surface area (Å²) in [6.07, 6.45) is 2.02. The summed E-state index contributed by atoms with van der Waals surface area (Å²) < 4.78 is 26.1. The topological polar surface area (TPSA) is 37.4 Å². The van der Waals surface area contributed by atoms with Crippen LogP contribution in [0.25, 0.3) is 0 Å². The molecule has 17 heavy (non-hydrogen) atoms. The number of hydrogen-bond donors (Lipinski definition) is 0. The minimum Gasteiger partial charge on any atom is -0.304 e. The molecule has 1 aliphatic heterocycles. The predicted molar refractivity (Wildman–Crippen MR) is 55.8 cm³/mol. The molecule has 0 N–H and O–H groups in total. The minimum absolute atomic E-state index is 0.0328. The van der Waals surface area contributed by atoms with E-state index in [9.17, 15) is 18.4 Å². The summed E-state index contributed by atoms with van der Waals surface area (Å²) in [6.45, 7) is 0.419. The molecule has 5 heteroatoms. The van der Waals surface area contributed by atoms with Crippen LogP contribution in [0.5, 0.6) is 0 Å². The molecule has 0 spiro atoms. The molecule has 0 bridgehead atoms. The molecule has 1 amide bonds. The Labute approximate surface area is 96.0 Å². The standard InChI is InChI=1S/C12H9F2NO2/c13-8-3-7-10(4-9(8)14)15(5-6-1-2-6)12(17)11(7)16/h3-4,6H,1-2,5H2. The first-order chi connectivity index (χ1) is 8.08. The third-order valence-corrected chi connectivity index (χ3v) is 3.15. The van der Waals surface area contributed by atoms with Gasteiger partial charge in [0.25, 0.3) is 11.7 Å². The second kappa shape index (κ2) is 3.35. The minimum atomic E-state index is -1.10. The monoisotopic (exact) mass is 237 g/mol. The average Bonchev–Trinajstić information content (AvgIpc) is 3.07. The van der Waals surface area contributed by atoms with Crippen molar-refractivity contribution in [3.8, 4) is 0 Å². The molecule has 0 saturated heterocycles. The van der Waals surface area contributed by atoms with Gasteiger partial charge in [0.2, 0.25) is 0 Å². The maximum Gasteiger partial charge on any atom is 0.299 e. The smallest absolute Gasteiger partial charge is 0.299 e. The van der Waals surface area contributed by atoms with Crippen molar-refractivity contribution in [2.75, 3.05) is 11.4 Å². The Balaban J connectivity index is 2.07. The van der Waals surface area contributed by atoms with Crippen molar-refractivity contribution in [2.24, 2.45) is 5.92 Å². The van der Waals surface area contributed by atoms with Gasteiger partial charge < -0.3 is 4.90 Å². The highest BCUT2D eigenvalue weighted by atomic mass is 19.2. The SMILES string of the molecule is O=C1C(=O)N(CC2CC2)c2cc(F)c(F)cc21. The maximum absolute atomic E-state index is 13.1. The van der Waals surface area contributed by atoms with Crippen molar-refractivity contribution in [1.82, 2.24) is 0 Å². The molecule has 3 rings (SSSR count). The average molecular weight is 237 g/mol. The Kier molecular flexibility index (Phi) is 2.05. The first-order valence-electron chi connectivity index (χ1n) is 5.43. The number of Topliss-reactive ketones (excluding diaryl/α,β-unsaturated/α-hetero) is 1. The summed E-state index contributed by atoms with van der Waals surface area (Å²) in [5, 5.41) is 0. The van der Waals surface area contributed by atoms with Crippen LogP contribution in [0.4, 0.5) is 14.5 Å². The normalized spacial score (nSPS) is 18.8. The van der Waals surface area contributed by atoms with E-state index in [4.69, 9.17) is 0 Å². The summed E-state index contributed by atoms with van der Waals surface area (Å²) in [5.41, 5.74) is 0.167. The fourth-order valence-electron chi connectivity index (χ4n) is 2.03. The number of hydrogen-bond acceptors (Lipinski definition) is 2. The molecule has 2 aliphatic rings. The van der Waals surface area contributed by atoms with E-state index in [1.165, 1.54) is 4.90 Å². The van der Waals surface area contributed by atoms with Crippen LogP contribution in [0.3, 0.4) is 0 Å². The summed E-state index contributed by atoms with van der Waals surface area (Å²) >= 11 is 0. The van der Waals surface area contributed by atoms with E-state index in [1.807, 2.05) is 0 Å². The number of halogens is 2. The van der Waals surface area contributed by atoms with Crippen LogP contribution in [0.1, 0.15) is 23.2 Å². The third kappa shape index (κ3) is 1.53. The van der Waals surface area contributed by atoms with E-state index < -0.39 is 23.3 Å². The van der Waals surface area contributed by atoms with Crippen molar-refractivity contribution in [1.29, 1.82) is 0 Å². The number of rotatable bonds is 2. The molecule has 88 valence electrons. The van der Waals surface area contributed by atoms with Gasteiger partial charge in [-0.1, -0.05) is 0 Å². The van der Waals surface area contributed by atoms with Crippen LogP contribution in [0.15, 0.2) is 12.1 Å². The lowest BCUT2D eigenvalue weighted by atomic mass is 10.1. The van der Waals surface area contributed by atoms with Gasteiger partial charge in [0.05, 0.1) is 11.3 Å². The lowest BCUT2D eigenvalue weighted by molar-refractivity contribution is -0.114. The summed E-state index contributed by atoms with van der Waals surface area (Å²) in [4.78, 5) is 24.5. The predicted octanol–water partition coefficient (Wildman–Crippen LogP) is 1.90. The highest BCUT2D eigenvalue weighted by Crippen LogP contribution is 2.36. The quantitative estimate of drug-likeness (QED) is 0.737. The Morgan fingerprint density at radius 3 is 2.47 bits per heavy atom. The molecule has 3 nitrogen and oxygen atoms in total. The van der Waals surface area contributed by atoms with Gasteiger partial charge >= 0.3 is 0 Å². The van der Waals surface area contributed by atoms with Gasteiger partial charge in [0, 0.05) is 12.6 Å². The first-order valence-corrected chi connectivity index (χ1v) is 5.43. The maximum atomic E-state index is 13.1. The molecule has 1 aliphatic carbocycles. The zero-order valence-electron chi connectivity index (χ0n) is 8.87. The largest absolute Gasteiger partial charge is 0.304 e. The number of amides is 1. The second-order valence-electron chi connectivity index (χ2n) is 4.47. The fraction of sp³-hybridized carbons (Fsp3) is 0.333. The van der Waals surface area contributed by atoms with Gasteiger partial charge in [-0.25, -0.2) is 8.78 Å². The van der Waals surface area contributed by atoms with Gasteiger partial charge in [0.15, 0.2) is 11.6 Å². The molecule has 1 aromatic rings. The highest BCUT2D eigenvalue weighted by Gasteiger charge is 2.39. The molecule has 1 saturated carbocycles. The molecular formula is C12H9F2NO2. The van der Waals surface area contributed by atoms with E-state index in [0.717, 1.165) is 25.0 Å². The Morgan fingerprint density at radius 1 is 1.18 bits per heavy atom. The summed E-state index contributed by atoms with van der Waals surface area (Å²) in [5.74, 6) is -3.19. The lowest BCUT2D eigenvalue weighted by Gasteiger charge is -2.15. The molecule has 0 aromatic heterocycles. The van der Waals surface area contributed by atoms with Gasteiger partial charge in [-0.3, -0.25) is 9.59 Å². The summed E-state index contributed by atoms with van der Waals surface area (Å²) in [6, 6.07) is 1.73. The summed E-state index contributed by atoms with van der Waals surface area (Å²) in [7, 11) is 0. The van der Waals surface area contributed by atoms with E-state index >= 15 is 0 Å². The van der Waals surface area contributed by atoms with Crippen molar-refractivity contribution < 1.29 is 18.4 Å². The lowest BCUT2D eigenvalue weighted by Crippen LogP contribution is -2.31. The van der Waals surface area contributed by atoms with Crippen LogP contribution in [-0.2, 0) is 4.79 Å². The van der Waals surface area contributed by atoms with Crippen LogP contribution < -0.4 is 4.90 Å². The Morgan fingerprint density at radius 2 is 1.82 bits per heavy atom. The molecule has 1 aromatic carbocycles. The highest BCUT2D eigenvalue weighted by molar-refractivity contribution is 6.52. The van der Waals surface area contributed by atoms with Crippen molar-refractivity contribution in [3.63, 3.8) is 0 Å². The number of anilines is 1. The Hall–Kier alpha value is -1.78. The van der Waals surface area contributed by atoms with E-state index in [-0.39, 0.29) is 11.3 Å². The van der Waals surface area contributed by atoms with Gasteiger partial charge in [0.1, 0.15) is 0 Å². The number of carbonyl (C=O) groups is 2. The first kappa shape index (κ1) is 10.4. The van der Waals surface area contributed by atoms with E-state index in [2.05, 4.69) is 0 Å². The molecule has 1 fully saturated rings. The third-order valence-electron chi connectivity index (χ3n) is 3.15. The number of ketones is 1. The van der Waals surface area contributed by atoms with Crippen molar-refractivity contribution in [2.45, 2.75) is 12.8 Å². The van der Waals surface area contributed by atoms with Gasteiger partial charge in [-0.05, 0) is 24.8 Å². The van der Waals surface area contributed by atoms with Crippen LogP contribution >= 0.6 is 0 Å². The number of benzene rings is 1. The van der Waals surface area contributed by atoms with E-state index in [1.54, 1.807) is 0 Å². The zero-order chi connectivity index (χ0) is 12.2. The van der Waals surface area contributed by atoms with Crippen LogP contribution in [0.2, 0.25) is 0 Å². The molecule has 0 atom stereocenters. The van der Waals surface area contributed by atoms with Gasteiger partial charge in [-0.2, -0.15) is 0 Å². The zero-order valence-corrected chi connectivity index (χ0v) is 8.87. The molecular weight excluding hydrogens is 228 g/mol. The van der Waals surface area contributed by atoms with Crippen LogP contribution in [-0.4, -0.2) is 18.2 Å². The number of fused-ring (bicyclic) bond motifs is 1. The number of carbonyl (C=O) groups excluding carboxylic acids is 2. The van der Waals surface area contributed by atoms with Crippen molar-refractivity contribution >= 4 is 17.4 Å². The second-order valence-corrected chi connectivity index (χ2v) is 4.47.